The molecule has 1 atom stereocenters. The Morgan fingerprint density at radius 3 is 2.94 bits per heavy atom. The Morgan fingerprint density at radius 2 is 2.41 bits per heavy atom. The highest BCUT2D eigenvalue weighted by Crippen LogP contribution is 2.32. The molecule has 0 aliphatic heterocycles. The summed E-state index contributed by atoms with van der Waals surface area (Å²) in [5, 5.41) is 4.23. The molecule has 2 heterocycles. The Morgan fingerprint density at radius 1 is 1.65 bits per heavy atom. The van der Waals surface area contributed by atoms with Crippen molar-refractivity contribution >= 4 is 15.9 Å². The third-order valence-corrected chi connectivity index (χ3v) is 3.28. The predicted octanol–water partition coefficient (Wildman–Crippen LogP) is 2.32. The van der Waals surface area contributed by atoms with Gasteiger partial charge in [0.05, 0.1) is 25.6 Å². The molecule has 0 aliphatic rings. The maximum Gasteiger partial charge on any atom is 0.174 e. The number of hydrogen-bond donors (Lipinski definition) is 1. The maximum atomic E-state index is 6.23. The summed E-state index contributed by atoms with van der Waals surface area (Å²) in [6.45, 7) is 2.74. The van der Waals surface area contributed by atoms with Gasteiger partial charge in [-0.25, -0.2) is 0 Å². The average Bonchev–Trinajstić information content (AvgIpc) is 2.93. The number of halogens is 1. The van der Waals surface area contributed by atoms with Gasteiger partial charge in [0.1, 0.15) is 5.69 Å². The van der Waals surface area contributed by atoms with Crippen LogP contribution in [-0.4, -0.2) is 16.9 Å². The third-order valence-electron chi connectivity index (χ3n) is 2.64. The van der Waals surface area contributed by atoms with Gasteiger partial charge in [-0.1, -0.05) is 0 Å². The molecule has 2 aromatic rings. The molecule has 2 N–H and O–H groups in total. The highest BCUT2D eigenvalue weighted by Gasteiger charge is 2.22. The number of nitrogens with two attached hydrogens (primary N) is 1. The second-order valence-corrected chi connectivity index (χ2v) is 4.26. The normalized spacial score (nSPS) is 12.7. The molecule has 0 radical (unpaired) electrons. The Kier molecular flexibility index (Phi) is 3.54. The molecule has 6 heteroatoms. The third kappa shape index (κ3) is 2.10. The summed E-state index contributed by atoms with van der Waals surface area (Å²) >= 11 is 3.33. The first kappa shape index (κ1) is 12.2. The largest absolute Gasteiger partial charge is 0.493 e. The van der Waals surface area contributed by atoms with E-state index >= 15 is 0 Å². The molecule has 0 saturated carbocycles. The summed E-state index contributed by atoms with van der Waals surface area (Å²) in [5.74, 6) is 0.687. The van der Waals surface area contributed by atoms with Crippen LogP contribution in [0.15, 0.2) is 27.6 Å². The average molecular weight is 300 g/mol. The molecular weight excluding hydrogens is 286 g/mol. The number of nitrogens with zero attached hydrogens (tertiary/aromatic N) is 2. The van der Waals surface area contributed by atoms with Crippen LogP contribution >= 0.6 is 15.9 Å². The van der Waals surface area contributed by atoms with Crippen molar-refractivity contribution < 1.29 is 9.15 Å². The van der Waals surface area contributed by atoms with Crippen LogP contribution in [0.25, 0.3) is 0 Å². The topological polar surface area (TPSA) is 66.2 Å². The summed E-state index contributed by atoms with van der Waals surface area (Å²) in [4.78, 5) is 0. The SMILES string of the molecule is CCn1ncc(OC)c1C(N)c1ccoc1Br. The van der Waals surface area contributed by atoms with Crippen molar-refractivity contribution in [2.75, 3.05) is 7.11 Å². The van der Waals surface area contributed by atoms with E-state index < -0.39 is 0 Å². The molecule has 17 heavy (non-hydrogen) atoms. The summed E-state index contributed by atoms with van der Waals surface area (Å²) in [5.41, 5.74) is 7.95. The number of hydrogen-bond acceptors (Lipinski definition) is 4. The van der Waals surface area contributed by atoms with Crippen molar-refractivity contribution in [1.29, 1.82) is 0 Å². The molecule has 0 aromatic carbocycles. The molecule has 0 amide bonds. The van der Waals surface area contributed by atoms with E-state index in [4.69, 9.17) is 14.9 Å². The lowest BCUT2D eigenvalue weighted by Gasteiger charge is -2.14. The number of aryl methyl sites for hydroxylation is 1. The fourth-order valence-corrected chi connectivity index (χ4v) is 2.26. The van der Waals surface area contributed by atoms with Crippen LogP contribution in [0.4, 0.5) is 0 Å². The zero-order chi connectivity index (χ0) is 12.4. The van der Waals surface area contributed by atoms with E-state index in [1.165, 1.54) is 0 Å². The van der Waals surface area contributed by atoms with Crippen molar-refractivity contribution in [2.24, 2.45) is 5.73 Å². The number of furan rings is 1. The molecule has 0 fully saturated rings. The van der Waals surface area contributed by atoms with Crippen LogP contribution in [0, 0.1) is 0 Å². The summed E-state index contributed by atoms with van der Waals surface area (Å²) in [6.07, 6.45) is 3.27. The van der Waals surface area contributed by atoms with Crippen molar-refractivity contribution in [1.82, 2.24) is 9.78 Å². The van der Waals surface area contributed by atoms with Gasteiger partial charge in [-0.05, 0) is 28.9 Å². The molecule has 2 aromatic heterocycles. The van der Waals surface area contributed by atoms with Gasteiger partial charge in [0.15, 0.2) is 10.4 Å². The van der Waals surface area contributed by atoms with E-state index in [0.717, 1.165) is 17.8 Å². The molecule has 0 saturated heterocycles. The second-order valence-electron chi connectivity index (χ2n) is 3.54. The summed E-state index contributed by atoms with van der Waals surface area (Å²) in [6, 6.07) is 1.50. The van der Waals surface area contributed by atoms with E-state index in [0.29, 0.717) is 10.4 Å². The molecule has 1 unspecified atom stereocenters. The first-order valence-electron chi connectivity index (χ1n) is 5.27. The molecule has 5 nitrogen and oxygen atoms in total. The van der Waals surface area contributed by atoms with Crippen LogP contribution in [0.2, 0.25) is 0 Å². The van der Waals surface area contributed by atoms with Crippen molar-refractivity contribution in [3.63, 3.8) is 0 Å². The summed E-state index contributed by atoms with van der Waals surface area (Å²) < 4.78 is 12.9. The van der Waals surface area contributed by atoms with Gasteiger partial charge in [0.25, 0.3) is 0 Å². The van der Waals surface area contributed by atoms with E-state index in [1.54, 1.807) is 19.6 Å². The quantitative estimate of drug-likeness (QED) is 0.941. The van der Waals surface area contributed by atoms with Gasteiger partial charge in [0, 0.05) is 12.1 Å². The maximum absolute atomic E-state index is 6.23. The summed E-state index contributed by atoms with van der Waals surface area (Å²) in [7, 11) is 1.61. The second kappa shape index (κ2) is 4.93. The van der Waals surface area contributed by atoms with Crippen LogP contribution in [0.1, 0.15) is 24.2 Å². The highest BCUT2D eigenvalue weighted by atomic mass is 79.9. The lowest BCUT2D eigenvalue weighted by molar-refractivity contribution is 0.404. The lowest BCUT2D eigenvalue weighted by atomic mass is 10.1. The van der Waals surface area contributed by atoms with Crippen molar-refractivity contribution in [3.8, 4) is 5.75 Å². The smallest absolute Gasteiger partial charge is 0.174 e. The Bertz CT molecular complexity index is 485. The van der Waals surface area contributed by atoms with E-state index in [9.17, 15) is 0 Å². The molecule has 0 aliphatic carbocycles. The Labute approximate surface area is 108 Å². The van der Waals surface area contributed by atoms with E-state index in [2.05, 4.69) is 21.0 Å². The molecule has 2 rings (SSSR count). The molecular formula is C11H14BrN3O2. The van der Waals surface area contributed by atoms with Crippen LogP contribution in [-0.2, 0) is 6.54 Å². The van der Waals surface area contributed by atoms with E-state index in [1.807, 2.05) is 17.7 Å². The predicted molar refractivity (Wildman–Crippen MR) is 66.9 cm³/mol. The van der Waals surface area contributed by atoms with Crippen LogP contribution in [0.3, 0.4) is 0 Å². The van der Waals surface area contributed by atoms with Crippen LogP contribution < -0.4 is 10.5 Å². The lowest BCUT2D eigenvalue weighted by Crippen LogP contribution is -2.17. The first-order valence-corrected chi connectivity index (χ1v) is 6.06. The van der Waals surface area contributed by atoms with Gasteiger partial charge in [0.2, 0.25) is 0 Å². The number of methoxy groups -OCH3 is 1. The molecule has 0 spiro atoms. The Balaban J connectivity index is 2.45. The number of aromatic nitrogens is 2. The van der Waals surface area contributed by atoms with Gasteiger partial charge in [-0.3, -0.25) is 4.68 Å². The van der Waals surface area contributed by atoms with Crippen molar-refractivity contribution in [2.45, 2.75) is 19.5 Å². The van der Waals surface area contributed by atoms with Gasteiger partial charge in [-0.15, -0.1) is 0 Å². The van der Waals surface area contributed by atoms with Crippen LogP contribution in [0.5, 0.6) is 5.75 Å². The minimum Gasteiger partial charge on any atom is -0.493 e. The standard InChI is InChI=1S/C11H14BrN3O2/c1-3-15-10(8(16-2)6-14-15)9(13)7-4-5-17-11(7)12/h4-6,9H,3,13H2,1-2H3. The van der Waals surface area contributed by atoms with Gasteiger partial charge in [-0.2, -0.15) is 5.10 Å². The number of rotatable bonds is 4. The fraction of sp³-hybridized carbons (Fsp3) is 0.364. The van der Waals surface area contributed by atoms with Gasteiger partial charge >= 0.3 is 0 Å². The zero-order valence-corrected chi connectivity index (χ0v) is 11.3. The monoisotopic (exact) mass is 299 g/mol. The zero-order valence-electron chi connectivity index (χ0n) is 9.68. The first-order chi connectivity index (χ1) is 8.19. The fourth-order valence-electron chi connectivity index (χ4n) is 1.77. The minimum atomic E-state index is -0.333. The minimum absolute atomic E-state index is 0.333. The highest BCUT2D eigenvalue weighted by molar-refractivity contribution is 9.10. The Hall–Kier alpha value is -1.27. The van der Waals surface area contributed by atoms with E-state index in [-0.39, 0.29) is 6.04 Å². The molecule has 92 valence electrons. The molecule has 0 bridgehead atoms. The number of ether oxygens (including phenoxy) is 1. The van der Waals surface area contributed by atoms with Crippen molar-refractivity contribution in [3.05, 3.63) is 34.5 Å². The van der Waals surface area contributed by atoms with Gasteiger partial charge < -0.3 is 14.9 Å².